The molecule has 0 spiro atoms. The predicted molar refractivity (Wildman–Crippen MR) is 45.1 cm³/mol. The fourth-order valence-electron chi connectivity index (χ4n) is 1.38. The summed E-state index contributed by atoms with van der Waals surface area (Å²) in [5.41, 5.74) is -0.424. The molecule has 1 heterocycles. The van der Waals surface area contributed by atoms with Crippen molar-refractivity contribution < 1.29 is 5.11 Å². The van der Waals surface area contributed by atoms with Crippen molar-refractivity contribution in [3.8, 4) is 0 Å². The lowest BCUT2D eigenvalue weighted by Crippen LogP contribution is -2.47. The Hall–Kier alpha value is -0.120. The molecule has 0 aromatic rings. The highest BCUT2D eigenvalue weighted by Crippen LogP contribution is 2.20. The molecule has 0 unspecified atom stereocenters. The van der Waals surface area contributed by atoms with Crippen LogP contribution in [0.15, 0.2) is 0 Å². The second-order valence-corrected chi connectivity index (χ2v) is 3.80. The van der Waals surface area contributed by atoms with Crippen molar-refractivity contribution in [2.75, 3.05) is 27.2 Å². The van der Waals surface area contributed by atoms with Crippen LogP contribution in [-0.2, 0) is 0 Å². The topological polar surface area (TPSA) is 26.7 Å². The maximum atomic E-state index is 9.63. The number of rotatable bonds is 1. The van der Waals surface area contributed by atoms with Gasteiger partial charge in [0.1, 0.15) is 0 Å². The number of hydrogen-bond acceptors (Lipinski definition) is 3. The summed E-state index contributed by atoms with van der Waals surface area (Å²) in [4.78, 5) is 0. The van der Waals surface area contributed by atoms with Crippen molar-refractivity contribution in [1.82, 2.24) is 10.0 Å². The Morgan fingerprint density at radius 3 is 2.09 bits per heavy atom. The van der Waals surface area contributed by atoms with Gasteiger partial charge < -0.3 is 5.11 Å². The van der Waals surface area contributed by atoms with Crippen LogP contribution >= 0.6 is 0 Å². The van der Waals surface area contributed by atoms with Gasteiger partial charge in [0.2, 0.25) is 0 Å². The Bertz CT molecular complexity index is 124. The second kappa shape index (κ2) is 3.09. The average Bonchev–Trinajstić information content (AvgIpc) is 1.86. The molecule has 0 atom stereocenters. The van der Waals surface area contributed by atoms with E-state index in [-0.39, 0.29) is 0 Å². The molecule has 1 aliphatic rings. The molecule has 1 fully saturated rings. The normalized spacial score (nSPS) is 25.9. The van der Waals surface area contributed by atoms with Crippen molar-refractivity contribution >= 4 is 0 Å². The summed E-state index contributed by atoms with van der Waals surface area (Å²) in [6, 6.07) is 0. The van der Waals surface area contributed by atoms with Crippen LogP contribution in [0.3, 0.4) is 0 Å². The minimum atomic E-state index is -0.424. The number of piperidine rings is 1. The SMILES string of the molecule is CN(C)N1CCC(C)(O)CC1. The highest BCUT2D eigenvalue weighted by molar-refractivity contribution is 4.79. The fraction of sp³-hybridized carbons (Fsp3) is 1.00. The molecule has 3 heteroatoms. The van der Waals surface area contributed by atoms with Crippen molar-refractivity contribution in [3.63, 3.8) is 0 Å². The summed E-state index contributed by atoms with van der Waals surface area (Å²) in [6.45, 7) is 3.86. The van der Waals surface area contributed by atoms with E-state index in [1.807, 2.05) is 21.0 Å². The van der Waals surface area contributed by atoms with Crippen LogP contribution in [0.4, 0.5) is 0 Å². The number of aliphatic hydroxyl groups is 1. The monoisotopic (exact) mass is 158 g/mol. The van der Waals surface area contributed by atoms with Gasteiger partial charge in [-0.1, -0.05) is 0 Å². The summed E-state index contributed by atoms with van der Waals surface area (Å²) >= 11 is 0. The zero-order chi connectivity index (χ0) is 8.48. The first-order valence-corrected chi connectivity index (χ1v) is 4.16. The third-order valence-electron chi connectivity index (χ3n) is 2.38. The molecule has 1 saturated heterocycles. The zero-order valence-electron chi connectivity index (χ0n) is 7.67. The quantitative estimate of drug-likeness (QED) is 0.595. The van der Waals surface area contributed by atoms with Crippen LogP contribution in [0.2, 0.25) is 0 Å². The van der Waals surface area contributed by atoms with E-state index in [4.69, 9.17) is 0 Å². The van der Waals surface area contributed by atoms with E-state index in [0.29, 0.717) is 0 Å². The minimum Gasteiger partial charge on any atom is -0.390 e. The summed E-state index contributed by atoms with van der Waals surface area (Å²) in [7, 11) is 4.08. The van der Waals surface area contributed by atoms with Crippen molar-refractivity contribution in [2.24, 2.45) is 0 Å². The number of hydrogen-bond donors (Lipinski definition) is 1. The highest BCUT2D eigenvalue weighted by atomic mass is 16.3. The Labute approximate surface area is 68.6 Å². The van der Waals surface area contributed by atoms with Gasteiger partial charge in [-0.05, 0) is 19.8 Å². The lowest BCUT2D eigenvalue weighted by molar-refractivity contribution is -0.0698. The van der Waals surface area contributed by atoms with Gasteiger partial charge in [-0.2, -0.15) is 0 Å². The van der Waals surface area contributed by atoms with Crippen LogP contribution in [0, 0.1) is 0 Å². The van der Waals surface area contributed by atoms with Gasteiger partial charge in [0.25, 0.3) is 0 Å². The molecular formula is C8H18N2O. The van der Waals surface area contributed by atoms with Crippen LogP contribution in [0.5, 0.6) is 0 Å². The average molecular weight is 158 g/mol. The third-order valence-corrected chi connectivity index (χ3v) is 2.38. The molecule has 1 aliphatic heterocycles. The van der Waals surface area contributed by atoms with Gasteiger partial charge in [0.15, 0.2) is 0 Å². The third kappa shape index (κ3) is 2.43. The van der Waals surface area contributed by atoms with E-state index in [2.05, 4.69) is 10.0 Å². The first-order chi connectivity index (χ1) is 5.01. The Morgan fingerprint density at radius 1 is 1.27 bits per heavy atom. The molecule has 0 bridgehead atoms. The molecular weight excluding hydrogens is 140 g/mol. The van der Waals surface area contributed by atoms with E-state index in [0.717, 1.165) is 25.9 Å². The molecule has 0 aromatic carbocycles. The van der Waals surface area contributed by atoms with Gasteiger partial charge in [-0.25, -0.2) is 10.0 Å². The smallest absolute Gasteiger partial charge is 0.0645 e. The maximum absolute atomic E-state index is 9.63. The molecule has 11 heavy (non-hydrogen) atoms. The zero-order valence-corrected chi connectivity index (χ0v) is 7.67. The van der Waals surface area contributed by atoms with Gasteiger partial charge >= 0.3 is 0 Å². The summed E-state index contributed by atoms with van der Waals surface area (Å²) in [5.74, 6) is 0. The van der Waals surface area contributed by atoms with Crippen molar-refractivity contribution in [1.29, 1.82) is 0 Å². The number of hydrazine groups is 1. The Balaban J connectivity index is 2.36. The van der Waals surface area contributed by atoms with Crippen molar-refractivity contribution in [3.05, 3.63) is 0 Å². The summed E-state index contributed by atoms with van der Waals surface area (Å²) in [6.07, 6.45) is 1.76. The van der Waals surface area contributed by atoms with E-state index in [1.54, 1.807) is 0 Å². The number of nitrogens with zero attached hydrogens (tertiary/aromatic N) is 2. The van der Waals surface area contributed by atoms with E-state index < -0.39 is 5.60 Å². The first kappa shape index (κ1) is 8.97. The lowest BCUT2D eigenvalue weighted by atomic mass is 9.95. The standard InChI is InChI=1S/C8H18N2O/c1-8(11)4-6-10(7-5-8)9(2)3/h11H,4-7H2,1-3H3. The maximum Gasteiger partial charge on any atom is 0.0645 e. The molecule has 66 valence electrons. The Morgan fingerprint density at radius 2 is 1.73 bits per heavy atom. The van der Waals surface area contributed by atoms with Crippen molar-refractivity contribution in [2.45, 2.75) is 25.4 Å². The largest absolute Gasteiger partial charge is 0.390 e. The summed E-state index contributed by atoms with van der Waals surface area (Å²) < 4.78 is 0. The predicted octanol–water partition coefficient (Wildman–Crippen LogP) is 0.310. The molecule has 0 radical (unpaired) electrons. The van der Waals surface area contributed by atoms with Crippen LogP contribution in [0.1, 0.15) is 19.8 Å². The fourth-order valence-corrected chi connectivity index (χ4v) is 1.38. The molecule has 1 N–H and O–H groups in total. The van der Waals surface area contributed by atoms with E-state index in [1.165, 1.54) is 0 Å². The molecule has 3 nitrogen and oxygen atoms in total. The van der Waals surface area contributed by atoms with E-state index >= 15 is 0 Å². The van der Waals surface area contributed by atoms with E-state index in [9.17, 15) is 5.11 Å². The van der Waals surface area contributed by atoms with Gasteiger partial charge in [0, 0.05) is 27.2 Å². The summed E-state index contributed by atoms with van der Waals surface area (Å²) in [5, 5.41) is 14.0. The molecule has 0 saturated carbocycles. The van der Waals surface area contributed by atoms with Gasteiger partial charge in [0.05, 0.1) is 5.60 Å². The first-order valence-electron chi connectivity index (χ1n) is 4.16. The second-order valence-electron chi connectivity index (χ2n) is 3.80. The van der Waals surface area contributed by atoms with Gasteiger partial charge in [-0.3, -0.25) is 0 Å². The van der Waals surface area contributed by atoms with Crippen LogP contribution < -0.4 is 0 Å². The lowest BCUT2D eigenvalue weighted by Gasteiger charge is -2.38. The molecule has 0 aromatic heterocycles. The molecule has 1 rings (SSSR count). The Kier molecular flexibility index (Phi) is 2.52. The highest BCUT2D eigenvalue weighted by Gasteiger charge is 2.27. The minimum absolute atomic E-state index is 0.424. The molecule has 0 amide bonds. The van der Waals surface area contributed by atoms with Crippen LogP contribution in [-0.4, -0.2) is 47.9 Å². The van der Waals surface area contributed by atoms with Crippen LogP contribution in [0.25, 0.3) is 0 Å². The van der Waals surface area contributed by atoms with Gasteiger partial charge in [-0.15, -0.1) is 0 Å². The molecule has 0 aliphatic carbocycles.